The average molecular weight is 160 g/mol. The Hall–Kier alpha value is -1.64. The van der Waals surface area contributed by atoms with Crippen LogP contribution in [0.25, 0.3) is 6.08 Å². The summed E-state index contributed by atoms with van der Waals surface area (Å²) in [6.07, 6.45) is 1.61. The number of carbonyl (C=O) groups is 1. The van der Waals surface area contributed by atoms with Crippen LogP contribution >= 0.6 is 0 Å². The zero-order chi connectivity index (χ0) is 8.39. The molecule has 2 rings (SSSR count). The van der Waals surface area contributed by atoms with Crippen molar-refractivity contribution in [3.8, 4) is 0 Å². The van der Waals surface area contributed by atoms with E-state index in [2.05, 4.69) is 10.5 Å². The maximum atomic E-state index is 11.1. The first-order valence-electron chi connectivity index (χ1n) is 3.76. The first-order chi connectivity index (χ1) is 5.86. The predicted molar refractivity (Wildman–Crippen MR) is 44.7 cm³/mol. The van der Waals surface area contributed by atoms with E-state index < -0.39 is 0 Å². The summed E-state index contributed by atoms with van der Waals surface area (Å²) in [4.78, 5) is 11.1. The molecule has 60 valence electrons. The number of fused-ring (bicyclic) bond motifs is 1. The van der Waals surface area contributed by atoms with E-state index in [1.54, 1.807) is 6.08 Å². The normalized spacial score (nSPS) is 14.8. The van der Waals surface area contributed by atoms with Crippen LogP contribution in [-0.4, -0.2) is 12.3 Å². The molecule has 12 heavy (non-hydrogen) atoms. The van der Waals surface area contributed by atoms with Gasteiger partial charge in [-0.1, -0.05) is 18.2 Å². The number of ketones is 1. The highest BCUT2D eigenvalue weighted by Crippen LogP contribution is 1.77. The lowest BCUT2D eigenvalue weighted by atomic mass is 10.2. The molecule has 3 nitrogen and oxygen atoms in total. The second-order valence-electron chi connectivity index (χ2n) is 2.62. The van der Waals surface area contributed by atoms with E-state index in [0.717, 1.165) is 10.6 Å². The van der Waals surface area contributed by atoms with E-state index >= 15 is 0 Å². The number of benzene rings is 1. The molecule has 1 aromatic carbocycles. The van der Waals surface area contributed by atoms with Gasteiger partial charge in [-0.3, -0.25) is 4.79 Å². The summed E-state index contributed by atoms with van der Waals surface area (Å²) >= 11 is 0. The Morgan fingerprint density at radius 2 is 2.17 bits per heavy atom. The van der Waals surface area contributed by atoms with E-state index in [9.17, 15) is 4.79 Å². The Bertz CT molecular complexity index is 422. The Labute approximate surface area is 69.4 Å². The fourth-order valence-corrected chi connectivity index (χ4v) is 1.14. The van der Waals surface area contributed by atoms with Crippen molar-refractivity contribution >= 4 is 11.9 Å². The lowest BCUT2D eigenvalue weighted by Gasteiger charge is -1.89. The fraction of sp³-hybridized carbons (Fsp3) is 0.111. The second kappa shape index (κ2) is 2.77. The van der Waals surface area contributed by atoms with Crippen LogP contribution < -0.4 is 16.0 Å². The first kappa shape index (κ1) is 7.03. The third-order valence-corrected chi connectivity index (χ3v) is 1.71. The van der Waals surface area contributed by atoms with Crippen LogP contribution in [0.5, 0.6) is 0 Å². The molecule has 0 saturated heterocycles. The van der Waals surface area contributed by atoms with Crippen molar-refractivity contribution in [1.29, 1.82) is 0 Å². The van der Waals surface area contributed by atoms with Gasteiger partial charge in [-0.25, -0.2) is 0 Å². The largest absolute Gasteiger partial charge is 0.302 e. The van der Waals surface area contributed by atoms with E-state index in [-0.39, 0.29) is 12.3 Å². The Kier molecular flexibility index (Phi) is 1.63. The number of nitrogens with zero attached hydrogens (tertiary/aromatic N) is 1. The van der Waals surface area contributed by atoms with Crippen molar-refractivity contribution in [3.63, 3.8) is 0 Å². The lowest BCUT2D eigenvalue weighted by molar-refractivity contribution is -0.112. The molecule has 0 bridgehead atoms. The minimum Gasteiger partial charge on any atom is -0.302 e. The second-order valence-corrected chi connectivity index (χ2v) is 2.62. The van der Waals surface area contributed by atoms with Crippen molar-refractivity contribution in [2.75, 3.05) is 6.54 Å². The molecule has 0 fully saturated rings. The standard InChI is InChI=1S/C9H8N2O/c12-8-5-7-3-1-2-4-9(7)11-10-6-8/h1-5,10H,6H2. The minimum absolute atomic E-state index is 0.0590. The van der Waals surface area contributed by atoms with Crippen LogP contribution in [0.2, 0.25) is 0 Å². The number of hydrogen-bond donors (Lipinski definition) is 1. The van der Waals surface area contributed by atoms with Gasteiger partial charge >= 0.3 is 0 Å². The molecule has 1 heterocycles. The van der Waals surface area contributed by atoms with E-state index in [4.69, 9.17) is 0 Å². The Morgan fingerprint density at radius 1 is 1.33 bits per heavy atom. The van der Waals surface area contributed by atoms with E-state index in [1.807, 2.05) is 24.3 Å². The first-order valence-corrected chi connectivity index (χ1v) is 3.76. The molecule has 0 aromatic heterocycles. The van der Waals surface area contributed by atoms with Gasteiger partial charge in [0.15, 0.2) is 5.78 Å². The summed E-state index contributed by atoms with van der Waals surface area (Å²) < 4.78 is 0. The summed E-state index contributed by atoms with van der Waals surface area (Å²) in [7, 11) is 0. The van der Waals surface area contributed by atoms with Gasteiger partial charge < -0.3 is 5.43 Å². The topological polar surface area (TPSA) is 41.5 Å². The third kappa shape index (κ3) is 1.21. The van der Waals surface area contributed by atoms with Gasteiger partial charge in [-0.2, -0.15) is 5.10 Å². The van der Waals surface area contributed by atoms with Crippen LogP contribution in [0.1, 0.15) is 0 Å². The van der Waals surface area contributed by atoms with Gasteiger partial charge in [0.2, 0.25) is 0 Å². The summed E-state index contributed by atoms with van der Waals surface area (Å²) in [6, 6.07) is 7.54. The molecule has 0 spiro atoms. The number of rotatable bonds is 0. The number of para-hydroxylation sites is 1. The fourth-order valence-electron chi connectivity index (χ4n) is 1.14. The Balaban J connectivity index is 2.76. The predicted octanol–water partition coefficient (Wildman–Crippen LogP) is -0.826. The van der Waals surface area contributed by atoms with Gasteiger partial charge in [-0.15, -0.1) is 0 Å². The van der Waals surface area contributed by atoms with E-state index in [0.29, 0.717) is 0 Å². The average Bonchev–Trinajstić information content (AvgIpc) is 2.25. The molecule has 1 aromatic rings. The molecule has 0 saturated carbocycles. The molecule has 0 amide bonds. The van der Waals surface area contributed by atoms with Crippen LogP contribution in [0.4, 0.5) is 0 Å². The van der Waals surface area contributed by atoms with Crippen molar-refractivity contribution in [3.05, 3.63) is 34.8 Å². The highest BCUT2D eigenvalue weighted by molar-refractivity contribution is 6.07. The van der Waals surface area contributed by atoms with Crippen molar-refractivity contribution in [1.82, 2.24) is 5.43 Å². The van der Waals surface area contributed by atoms with Gasteiger partial charge in [0.1, 0.15) is 0 Å². The quantitative estimate of drug-likeness (QED) is 0.538. The molecule has 0 unspecified atom stereocenters. The lowest BCUT2D eigenvalue weighted by Crippen LogP contribution is -2.24. The zero-order valence-corrected chi connectivity index (χ0v) is 6.45. The van der Waals surface area contributed by atoms with Crippen LogP contribution in [0.15, 0.2) is 29.4 Å². The van der Waals surface area contributed by atoms with Crippen LogP contribution in [-0.2, 0) is 4.79 Å². The zero-order valence-electron chi connectivity index (χ0n) is 6.45. The maximum absolute atomic E-state index is 11.1. The van der Waals surface area contributed by atoms with Crippen molar-refractivity contribution in [2.24, 2.45) is 5.10 Å². The molecule has 0 radical (unpaired) electrons. The van der Waals surface area contributed by atoms with Gasteiger partial charge in [-0.05, 0) is 12.1 Å². The molecular formula is C9H8N2O. The molecular weight excluding hydrogens is 152 g/mol. The monoisotopic (exact) mass is 160 g/mol. The smallest absolute Gasteiger partial charge is 0.177 e. The van der Waals surface area contributed by atoms with Gasteiger partial charge in [0.25, 0.3) is 0 Å². The van der Waals surface area contributed by atoms with Gasteiger partial charge in [0, 0.05) is 5.22 Å². The Morgan fingerprint density at radius 3 is 3.08 bits per heavy atom. The molecule has 3 heteroatoms. The van der Waals surface area contributed by atoms with Crippen LogP contribution in [0.3, 0.4) is 0 Å². The molecule has 0 atom stereocenters. The maximum Gasteiger partial charge on any atom is 0.177 e. The molecule has 1 aliphatic heterocycles. The molecule has 1 N–H and O–H groups in total. The number of nitrogens with one attached hydrogen (secondary N) is 1. The van der Waals surface area contributed by atoms with Crippen molar-refractivity contribution < 1.29 is 4.79 Å². The van der Waals surface area contributed by atoms with Crippen molar-refractivity contribution in [2.45, 2.75) is 0 Å². The number of carbonyl (C=O) groups excluding carboxylic acids is 1. The van der Waals surface area contributed by atoms with Crippen LogP contribution in [0, 0.1) is 0 Å². The summed E-state index contributed by atoms with van der Waals surface area (Å²) in [5.74, 6) is 0.0590. The van der Waals surface area contributed by atoms with Gasteiger partial charge in [0.05, 0.1) is 11.9 Å². The van der Waals surface area contributed by atoms with E-state index in [1.165, 1.54) is 0 Å². The number of hydrogen-bond acceptors (Lipinski definition) is 3. The SMILES string of the molecule is O=C1C=c2ccccc2=NNC1. The molecule has 1 aliphatic rings. The highest BCUT2D eigenvalue weighted by atomic mass is 16.1. The molecule has 0 aliphatic carbocycles. The minimum atomic E-state index is 0.0590. The summed E-state index contributed by atoms with van der Waals surface area (Å²) in [6.45, 7) is 0.286. The summed E-state index contributed by atoms with van der Waals surface area (Å²) in [5, 5.41) is 5.74. The summed E-state index contributed by atoms with van der Waals surface area (Å²) in [5.41, 5.74) is 2.70. The highest BCUT2D eigenvalue weighted by Gasteiger charge is 1.98. The number of Topliss-reactive ketones (excluding diaryl/α,β-unsaturated/α-hetero) is 1. The third-order valence-electron chi connectivity index (χ3n) is 1.71.